The van der Waals surface area contributed by atoms with E-state index in [-0.39, 0.29) is 20.1 Å². The summed E-state index contributed by atoms with van der Waals surface area (Å²) in [5, 5.41) is 3.67. The Morgan fingerprint density at radius 1 is 0.759 bits per heavy atom. The van der Waals surface area contributed by atoms with Gasteiger partial charge >= 0.3 is 0 Å². The summed E-state index contributed by atoms with van der Waals surface area (Å²) < 4.78 is 6.56. The number of hydrogen-bond donors (Lipinski definition) is 0. The van der Waals surface area contributed by atoms with Crippen molar-refractivity contribution in [2.75, 3.05) is 0 Å². The number of pyridine rings is 2. The molecule has 10 rings (SSSR count). The van der Waals surface area contributed by atoms with Gasteiger partial charge in [0.1, 0.15) is 5.58 Å². The quantitative estimate of drug-likeness (QED) is 0.123. The van der Waals surface area contributed by atoms with Gasteiger partial charge in [0.2, 0.25) is 0 Å². The molecule has 0 saturated heterocycles. The summed E-state index contributed by atoms with van der Waals surface area (Å²) in [6.07, 6.45) is 12.4. The zero-order valence-corrected chi connectivity index (χ0v) is 35.8. The minimum absolute atomic E-state index is 0. The maximum atomic E-state index is 6.56. The fourth-order valence-electron chi connectivity index (χ4n) is 9.08. The van der Waals surface area contributed by atoms with Crippen molar-refractivity contribution in [1.82, 2.24) is 9.97 Å². The molecule has 1 unspecified atom stereocenters. The summed E-state index contributed by atoms with van der Waals surface area (Å²) in [5.41, 5.74) is 13.6. The van der Waals surface area contributed by atoms with Crippen LogP contribution in [0.4, 0.5) is 0 Å². The number of nitrogens with zero attached hydrogens (tertiary/aromatic N) is 2. The van der Waals surface area contributed by atoms with E-state index in [2.05, 4.69) is 118 Å². The van der Waals surface area contributed by atoms with Crippen LogP contribution in [0, 0.1) is 50.7 Å². The van der Waals surface area contributed by atoms with E-state index in [0.29, 0.717) is 0 Å². The number of furan rings is 1. The van der Waals surface area contributed by atoms with E-state index in [1.165, 1.54) is 77.1 Å². The van der Waals surface area contributed by atoms with Crippen LogP contribution in [-0.4, -0.2) is 18.0 Å². The third-order valence-electron chi connectivity index (χ3n) is 11.8. The molecule has 277 valence electrons. The Labute approximate surface area is 336 Å². The second-order valence-corrected chi connectivity index (χ2v) is 21.7. The minimum atomic E-state index is -1.23. The van der Waals surface area contributed by atoms with E-state index in [1.54, 1.807) is 0 Å². The molecule has 3 nitrogen and oxygen atoms in total. The van der Waals surface area contributed by atoms with Gasteiger partial charge in [-0.1, -0.05) is 97.0 Å². The number of hydrogen-bond acceptors (Lipinski definition) is 3. The van der Waals surface area contributed by atoms with Crippen molar-refractivity contribution < 1.29 is 24.5 Å². The smallest absolute Gasteiger partial charge is 0.121 e. The average molecular weight is 903 g/mol. The third-order valence-corrected chi connectivity index (χ3v) is 13.8. The van der Waals surface area contributed by atoms with Crippen molar-refractivity contribution >= 4 is 35.2 Å². The largest absolute Gasteiger partial charge is 0.501 e. The van der Waals surface area contributed by atoms with Crippen LogP contribution in [-0.2, 0) is 26.5 Å². The van der Waals surface area contributed by atoms with Crippen LogP contribution < -0.4 is 5.19 Å². The normalized spacial score (nSPS) is 17.9. The summed E-state index contributed by atoms with van der Waals surface area (Å²) in [5.74, 6) is 2.72. The molecule has 54 heavy (non-hydrogen) atoms. The molecular formula is C49H50IrN2OSi-2. The average Bonchev–Trinajstić information content (AvgIpc) is 3.54. The molecule has 2 bridgehead atoms. The molecule has 4 aromatic carbocycles. The van der Waals surface area contributed by atoms with E-state index in [0.717, 1.165) is 62.2 Å². The van der Waals surface area contributed by atoms with Crippen LogP contribution in [0.1, 0.15) is 54.4 Å². The van der Waals surface area contributed by atoms with Gasteiger partial charge in [-0.15, -0.1) is 54.1 Å². The molecule has 0 amide bonds. The summed E-state index contributed by atoms with van der Waals surface area (Å²) in [6.45, 7) is 13.5. The van der Waals surface area contributed by atoms with E-state index in [9.17, 15) is 0 Å². The summed E-state index contributed by atoms with van der Waals surface area (Å²) in [4.78, 5) is 9.30. The predicted octanol–water partition coefficient (Wildman–Crippen LogP) is 12.5. The topological polar surface area (TPSA) is 38.9 Å². The molecule has 0 spiro atoms. The Morgan fingerprint density at radius 2 is 1.56 bits per heavy atom. The minimum Gasteiger partial charge on any atom is -0.501 e. The van der Waals surface area contributed by atoms with Crippen molar-refractivity contribution in [2.24, 2.45) is 17.8 Å². The van der Waals surface area contributed by atoms with Crippen LogP contribution >= 0.6 is 0 Å². The Balaban J connectivity index is 0.000000223. The van der Waals surface area contributed by atoms with Crippen LogP contribution in [0.15, 0.2) is 108 Å². The monoisotopic (exact) mass is 903 g/mol. The number of rotatable bonds is 6. The molecule has 7 aromatic rings. The van der Waals surface area contributed by atoms with Gasteiger partial charge in [-0.2, -0.15) is 0 Å². The Morgan fingerprint density at radius 3 is 2.22 bits per heavy atom. The molecule has 0 N–H and O–H groups in total. The number of benzene rings is 4. The first kappa shape index (κ1) is 38.1. The number of aromatic nitrogens is 2. The molecule has 3 aliphatic carbocycles. The van der Waals surface area contributed by atoms with Crippen molar-refractivity contribution in [3.63, 3.8) is 0 Å². The molecular weight excluding hydrogens is 853 g/mol. The van der Waals surface area contributed by atoms with Gasteiger partial charge < -0.3 is 14.4 Å². The van der Waals surface area contributed by atoms with E-state index >= 15 is 0 Å². The molecule has 0 aliphatic heterocycles. The second-order valence-electron chi connectivity index (χ2n) is 16.7. The van der Waals surface area contributed by atoms with Crippen LogP contribution in [0.3, 0.4) is 0 Å². The zero-order chi connectivity index (χ0) is 36.7. The molecule has 3 aromatic heterocycles. The maximum Gasteiger partial charge on any atom is 0.121 e. The van der Waals surface area contributed by atoms with Gasteiger partial charge in [0.15, 0.2) is 0 Å². The summed E-state index contributed by atoms with van der Waals surface area (Å²) in [6, 6.07) is 38.7. The molecule has 1 atom stereocenters. The SMILES string of the molecule is C[Si](C)(C)c1ccc(-c2[c-]cccc2)nc1.Cc1cc(C)c(-c2ccc3c(c2)oc2c(-c4cc(CC5CC6CCC5CC6)ccn4)[c-]ccc23)c(C)c1.[Ir]. The predicted molar refractivity (Wildman–Crippen MR) is 224 cm³/mol. The third kappa shape index (κ3) is 7.96. The van der Waals surface area contributed by atoms with Gasteiger partial charge in [-0.25, -0.2) is 0 Å². The Kier molecular flexibility index (Phi) is 11.2. The number of fused-ring (bicyclic) bond motifs is 6. The van der Waals surface area contributed by atoms with E-state index in [1.807, 2.05) is 42.7 Å². The van der Waals surface area contributed by atoms with E-state index in [4.69, 9.17) is 9.40 Å². The van der Waals surface area contributed by atoms with Gasteiger partial charge in [-0.3, -0.25) is 0 Å². The van der Waals surface area contributed by atoms with Crippen LogP contribution in [0.2, 0.25) is 19.6 Å². The van der Waals surface area contributed by atoms with Crippen LogP contribution in [0.5, 0.6) is 0 Å². The van der Waals surface area contributed by atoms with Gasteiger partial charge in [0.25, 0.3) is 0 Å². The summed E-state index contributed by atoms with van der Waals surface area (Å²) in [7, 11) is -1.23. The number of aryl methyl sites for hydroxylation is 3. The maximum absolute atomic E-state index is 6.56. The van der Waals surface area contributed by atoms with Gasteiger partial charge in [0.05, 0.1) is 13.7 Å². The first-order valence-electron chi connectivity index (χ1n) is 19.4. The Bertz CT molecular complexity index is 2360. The van der Waals surface area contributed by atoms with Crippen LogP contribution in [0.25, 0.3) is 55.6 Å². The first-order chi connectivity index (χ1) is 25.6. The second kappa shape index (κ2) is 15.9. The fourth-order valence-corrected chi connectivity index (χ4v) is 10.1. The first-order valence-corrected chi connectivity index (χ1v) is 22.9. The Hall–Kier alpha value is -4.15. The van der Waals surface area contributed by atoms with Crippen molar-refractivity contribution in [1.29, 1.82) is 0 Å². The summed E-state index contributed by atoms with van der Waals surface area (Å²) >= 11 is 0. The molecule has 3 saturated carbocycles. The molecule has 3 aliphatic rings. The fraction of sp³-hybridized carbons (Fsp3) is 0.306. The molecule has 5 heteroatoms. The van der Waals surface area contributed by atoms with Crippen molar-refractivity contribution in [3.05, 3.63) is 138 Å². The van der Waals surface area contributed by atoms with Gasteiger partial charge in [0, 0.05) is 37.9 Å². The zero-order valence-electron chi connectivity index (χ0n) is 32.4. The van der Waals surface area contributed by atoms with E-state index < -0.39 is 8.07 Å². The molecule has 1 radical (unpaired) electrons. The molecule has 3 heterocycles. The van der Waals surface area contributed by atoms with Crippen molar-refractivity contribution in [3.8, 4) is 33.6 Å². The van der Waals surface area contributed by atoms with Crippen molar-refractivity contribution in [2.45, 2.75) is 78.9 Å². The molecule has 3 fully saturated rings. The van der Waals surface area contributed by atoms with Gasteiger partial charge in [-0.05, 0) is 115 Å². The standard InChI is InChI=1S/C35H34NO.C14H16NSi.Ir/c1-21-15-22(2)34(23(3)16-21)27-11-12-29-30-5-4-6-31(35(30)37-33(29)20-27)32-19-25(13-14-36-32)18-28-17-24-7-9-26(28)10-8-24;1-16(2,3)13-9-10-14(15-11-13)12-7-5-4-6-8-12;/h4-5,11-16,19-20,24,26,28H,7-10,17-18H2,1-3H3;4-7,9-11H,1-3H3;/q2*-1;.